The van der Waals surface area contributed by atoms with Crippen LogP contribution in [0, 0.1) is 10.1 Å². The highest BCUT2D eigenvalue weighted by molar-refractivity contribution is 5.84. The maximum Gasteiger partial charge on any atom is 0.270 e. The Labute approximate surface area is 225 Å². The highest BCUT2D eigenvalue weighted by Gasteiger charge is 2.18. The standard InChI is InChI=1S/C33H23N3O3/c37-30-20-19-28(36(38)39)21-29(30)33-34-31(26-15-11-24(12-16-26)22-7-3-1-4-8-22)32(35-33)27-17-13-25(14-18-27)23-9-5-2-6-10-23/h1-21,37H,(H,34,35)/p-1. The first-order valence-electron chi connectivity index (χ1n) is 12.4. The van der Waals surface area contributed by atoms with E-state index in [2.05, 4.69) is 29.2 Å². The van der Waals surface area contributed by atoms with E-state index in [1.54, 1.807) is 0 Å². The molecule has 39 heavy (non-hydrogen) atoms. The van der Waals surface area contributed by atoms with E-state index < -0.39 is 4.92 Å². The van der Waals surface area contributed by atoms with Gasteiger partial charge in [0.25, 0.3) is 5.69 Å². The summed E-state index contributed by atoms with van der Waals surface area (Å²) in [7, 11) is 0. The van der Waals surface area contributed by atoms with Crippen LogP contribution in [0.1, 0.15) is 0 Å². The Morgan fingerprint density at radius 2 is 1.08 bits per heavy atom. The minimum absolute atomic E-state index is 0.151. The third-order valence-electron chi connectivity index (χ3n) is 6.68. The van der Waals surface area contributed by atoms with Gasteiger partial charge < -0.3 is 10.1 Å². The minimum Gasteiger partial charge on any atom is -0.872 e. The van der Waals surface area contributed by atoms with E-state index in [1.165, 1.54) is 18.2 Å². The number of non-ortho nitro benzene ring substituents is 1. The van der Waals surface area contributed by atoms with E-state index in [-0.39, 0.29) is 22.8 Å². The number of rotatable bonds is 6. The van der Waals surface area contributed by atoms with Gasteiger partial charge in [-0.05, 0) is 22.3 Å². The number of hydrogen-bond acceptors (Lipinski definition) is 4. The third-order valence-corrected chi connectivity index (χ3v) is 6.68. The van der Waals surface area contributed by atoms with Crippen molar-refractivity contribution in [2.45, 2.75) is 0 Å². The zero-order valence-electron chi connectivity index (χ0n) is 20.7. The highest BCUT2D eigenvalue weighted by Crippen LogP contribution is 2.37. The van der Waals surface area contributed by atoms with Crippen LogP contribution in [-0.4, -0.2) is 14.9 Å². The van der Waals surface area contributed by atoms with Crippen LogP contribution < -0.4 is 5.11 Å². The van der Waals surface area contributed by atoms with Crippen LogP contribution in [0.3, 0.4) is 0 Å². The SMILES string of the molecule is O=[N+]([O-])c1ccc([O-])c(-c2nc(-c3ccc(-c4ccccc4)cc3)c(-c3ccc(-c4ccccc4)cc3)[nH]2)c1. The van der Waals surface area contributed by atoms with E-state index in [9.17, 15) is 15.2 Å². The van der Waals surface area contributed by atoms with Gasteiger partial charge in [-0.15, -0.1) is 0 Å². The van der Waals surface area contributed by atoms with E-state index in [0.29, 0.717) is 5.69 Å². The topological polar surface area (TPSA) is 94.9 Å². The van der Waals surface area contributed by atoms with Crippen LogP contribution >= 0.6 is 0 Å². The van der Waals surface area contributed by atoms with Crippen molar-refractivity contribution in [3.63, 3.8) is 0 Å². The predicted molar refractivity (Wildman–Crippen MR) is 152 cm³/mol. The second-order valence-electron chi connectivity index (χ2n) is 9.13. The van der Waals surface area contributed by atoms with Gasteiger partial charge in [0.05, 0.1) is 16.3 Å². The summed E-state index contributed by atoms with van der Waals surface area (Å²) >= 11 is 0. The van der Waals surface area contributed by atoms with E-state index in [4.69, 9.17) is 4.98 Å². The second-order valence-corrected chi connectivity index (χ2v) is 9.13. The number of nitrogens with one attached hydrogen (secondary N) is 1. The molecule has 6 nitrogen and oxygen atoms in total. The Hall–Kier alpha value is -5.49. The fraction of sp³-hybridized carbons (Fsp3) is 0. The number of nitro benzene ring substituents is 1. The summed E-state index contributed by atoms with van der Waals surface area (Å²) in [4.78, 5) is 19.0. The molecule has 0 fully saturated rings. The molecule has 1 N–H and O–H groups in total. The van der Waals surface area contributed by atoms with E-state index in [0.717, 1.165) is 39.1 Å². The summed E-state index contributed by atoms with van der Waals surface area (Å²) in [6.07, 6.45) is 0. The van der Waals surface area contributed by atoms with Crippen molar-refractivity contribution in [3.05, 3.63) is 138 Å². The summed E-state index contributed by atoms with van der Waals surface area (Å²) < 4.78 is 0. The maximum absolute atomic E-state index is 12.7. The molecule has 0 atom stereocenters. The number of aromatic nitrogens is 2. The monoisotopic (exact) mass is 508 g/mol. The molecule has 0 saturated carbocycles. The molecule has 6 heteroatoms. The molecule has 0 aliphatic rings. The molecule has 0 aliphatic heterocycles. The molecule has 0 unspecified atom stereocenters. The number of nitrogens with zero attached hydrogens (tertiary/aromatic N) is 2. The van der Waals surface area contributed by atoms with Gasteiger partial charge in [0, 0.05) is 28.8 Å². The minimum atomic E-state index is -0.516. The first kappa shape index (κ1) is 23.9. The van der Waals surface area contributed by atoms with Gasteiger partial charge in [-0.2, -0.15) is 0 Å². The van der Waals surface area contributed by atoms with E-state index >= 15 is 0 Å². The van der Waals surface area contributed by atoms with Gasteiger partial charge in [-0.25, -0.2) is 4.98 Å². The Balaban J connectivity index is 1.46. The molecular weight excluding hydrogens is 486 g/mol. The first-order chi connectivity index (χ1) is 19.1. The number of aromatic amines is 1. The molecule has 188 valence electrons. The molecule has 0 aliphatic carbocycles. The Morgan fingerprint density at radius 1 is 0.590 bits per heavy atom. The van der Waals surface area contributed by atoms with Gasteiger partial charge in [-0.1, -0.05) is 121 Å². The first-order valence-corrected chi connectivity index (χ1v) is 12.4. The molecule has 0 spiro atoms. The molecule has 5 aromatic carbocycles. The van der Waals surface area contributed by atoms with Crippen molar-refractivity contribution in [3.8, 4) is 61.9 Å². The van der Waals surface area contributed by atoms with Gasteiger partial charge in [-0.3, -0.25) is 10.1 Å². The fourth-order valence-corrected chi connectivity index (χ4v) is 4.65. The molecule has 1 heterocycles. The molecular formula is C33H22N3O3-. The zero-order valence-corrected chi connectivity index (χ0v) is 20.7. The molecule has 0 bridgehead atoms. The van der Waals surface area contributed by atoms with Crippen molar-refractivity contribution < 1.29 is 10.0 Å². The number of imidazole rings is 1. The molecule has 0 radical (unpaired) electrons. The normalized spacial score (nSPS) is 10.9. The molecule has 0 saturated heterocycles. The largest absolute Gasteiger partial charge is 0.872 e. The number of benzene rings is 5. The summed E-state index contributed by atoms with van der Waals surface area (Å²) in [5.74, 6) is -0.0562. The van der Waals surface area contributed by atoms with Crippen molar-refractivity contribution >= 4 is 5.69 Å². The molecule has 6 aromatic rings. The molecule has 1 aromatic heterocycles. The fourth-order valence-electron chi connectivity index (χ4n) is 4.65. The number of hydrogen-bond donors (Lipinski definition) is 1. The lowest BCUT2D eigenvalue weighted by molar-refractivity contribution is -0.385. The van der Waals surface area contributed by atoms with Gasteiger partial charge in [0.15, 0.2) is 0 Å². The van der Waals surface area contributed by atoms with Gasteiger partial charge >= 0.3 is 0 Å². The molecule has 6 rings (SSSR count). The average molecular weight is 509 g/mol. The van der Waals surface area contributed by atoms with Crippen LogP contribution in [-0.2, 0) is 0 Å². The lowest BCUT2D eigenvalue weighted by Gasteiger charge is -2.10. The van der Waals surface area contributed by atoms with Gasteiger partial charge in [0.1, 0.15) is 5.82 Å². The van der Waals surface area contributed by atoms with Crippen LogP contribution in [0.5, 0.6) is 5.75 Å². The van der Waals surface area contributed by atoms with Gasteiger partial charge in [0.2, 0.25) is 0 Å². The maximum atomic E-state index is 12.7. The Morgan fingerprint density at radius 3 is 1.62 bits per heavy atom. The van der Waals surface area contributed by atoms with E-state index in [1.807, 2.05) is 84.9 Å². The lowest BCUT2D eigenvalue weighted by Crippen LogP contribution is -1.96. The number of H-pyrrole nitrogens is 1. The third kappa shape index (κ3) is 4.79. The Bertz CT molecular complexity index is 1660. The summed E-state index contributed by atoms with van der Waals surface area (Å²) in [5.41, 5.74) is 7.48. The number of nitro groups is 1. The van der Waals surface area contributed by atoms with Crippen LogP contribution in [0.15, 0.2) is 127 Å². The Kier molecular flexibility index (Phi) is 6.19. The summed E-state index contributed by atoms with van der Waals surface area (Å²) in [5, 5.41) is 24.1. The van der Waals surface area contributed by atoms with Crippen molar-refractivity contribution in [1.29, 1.82) is 0 Å². The van der Waals surface area contributed by atoms with Crippen LogP contribution in [0.2, 0.25) is 0 Å². The highest BCUT2D eigenvalue weighted by atomic mass is 16.6. The zero-order chi connectivity index (χ0) is 26.8. The van der Waals surface area contributed by atoms with Crippen molar-refractivity contribution in [2.75, 3.05) is 0 Å². The predicted octanol–water partition coefficient (Wildman–Crippen LogP) is 7.73. The lowest BCUT2D eigenvalue weighted by atomic mass is 9.99. The van der Waals surface area contributed by atoms with Crippen molar-refractivity contribution in [1.82, 2.24) is 9.97 Å². The summed E-state index contributed by atoms with van der Waals surface area (Å²) in [6.45, 7) is 0. The summed E-state index contributed by atoms with van der Waals surface area (Å²) in [6, 6.07) is 40.0. The second kappa shape index (κ2) is 10.1. The molecule has 0 amide bonds. The van der Waals surface area contributed by atoms with Crippen LogP contribution in [0.25, 0.3) is 56.2 Å². The smallest absolute Gasteiger partial charge is 0.270 e. The average Bonchev–Trinajstić information content (AvgIpc) is 3.44. The van der Waals surface area contributed by atoms with Crippen molar-refractivity contribution in [2.24, 2.45) is 0 Å². The quantitative estimate of drug-likeness (QED) is 0.184. The van der Waals surface area contributed by atoms with Crippen LogP contribution in [0.4, 0.5) is 5.69 Å².